The predicted octanol–water partition coefficient (Wildman–Crippen LogP) is 1.29. The third-order valence-corrected chi connectivity index (χ3v) is 3.47. The third kappa shape index (κ3) is 3.53. The van der Waals surface area contributed by atoms with Crippen molar-refractivity contribution in [1.29, 1.82) is 0 Å². The van der Waals surface area contributed by atoms with Crippen molar-refractivity contribution in [3.63, 3.8) is 0 Å². The van der Waals surface area contributed by atoms with Gasteiger partial charge in [0.15, 0.2) is 0 Å². The van der Waals surface area contributed by atoms with Crippen molar-refractivity contribution in [2.75, 3.05) is 26.7 Å². The molecule has 1 aliphatic rings. The van der Waals surface area contributed by atoms with Gasteiger partial charge < -0.3 is 16.0 Å². The van der Waals surface area contributed by atoms with Gasteiger partial charge in [-0.05, 0) is 26.0 Å². The summed E-state index contributed by atoms with van der Waals surface area (Å²) < 4.78 is 0. The van der Waals surface area contributed by atoms with Crippen LogP contribution in [-0.4, -0.2) is 37.6 Å². The number of rotatable bonds is 3. The molecule has 0 amide bonds. The second-order valence-electron chi connectivity index (χ2n) is 5.17. The number of benzene rings is 1. The first-order valence-corrected chi connectivity index (χ1v) is 6.39. The van der Waals surface area contributed by atoms with Crippen molar-refractivity contribution in [1.82, 2.24) is 10.2 Å². The molecule has 3 heteroatoms. The quantitative estimate of drug-likeness (QED) is 0.826. The Hall–Kier alpha value is -0.900. The maximum Gasteiger partial charge on any atom is 0.0310 e. The van der Waals surface area contributed by atoms with Gasteiger partial charge >= 0.3 is 0 Å². The fourth-order valence-corrected chi connectivity index (χ4v) is 2.49. The van der Waals surface area contributed by atoms with Crippen molar-refractivity contribution < 1.29 is 0 Å². The smallest absolute Gasteiger partial charge is 0.0310 e. The molecule has 3 N–H and O–H groups in total. The zero-order chi connectivity index (χ0) is 12.3. The first-order valence-electron chi connectivity index (χ1n) is 6.39. The summed E-state index contributed by atoms with van der Waals surface area (Å²) in [6, 6.07) is 9.18. The van der Waals surface area contributed by atoms with Gasteiger partial charge in [-0.2, -0.15) is 0 Å². The topological polar surface area (TPSA) is 41.3 Å². The number of nitrogens with one attached hydrogen (secondary N) is 1. The molecule has 3 nitrogen and oxygen atoms in total. The van der Waals surface area contributed by atoms with E-state index >= 15 is 0 Å². The van der Waals surface area contributed by atoms with Crippen molar-refractivity contribution in [2.45, 2.75) is 25.4 Å². The zero-order valence-corrected chi connectivity index (χ0v) is 10.8. The molecule has 2 rings (SSSR count). The molecule has 0 bridgehead atoms. The SMILES string of the molecule is Cc1cccc(C(N)CC2CN(C)CCN2)c1. The highest BCUT2D eigenvalue weighted by atomic mass is 15.2. The van der Waals surface area contributed by atoms with E-state index in [0.717, 1.165) is 26.1 Å². The van der Waals surface area contributed by atoms with E-state index < -0.39 is 0 Å². The van der Waals surface area contributed by atoms with Gasteiger partial charge in [-0.1, -0.05) is 29.8 Å². The fraction of sp³-hybridized carbons (Fsp3) is 0.571. The maximum atomic E-state index is 6.28. The summed E-state index contributed by atoms with van der Waals surface area (Å²) in [5, 5.41) is 3.54. The number of hydrogen-bond acceptors (Lipinski definition) is 3. The Bertz CT molecular complexity index is 364. The minimum atomic E-state index is 0.138. The lowest BCUT2D eigenvalue weighted by atomic mass is 9.98. The van der Waals surface area contributed by atoms with Crippen LogP contribution in [0.25, 0.3) is 0 Å². The predicted molar refractivity (Wildman–Crippen MR) is 72.0 cm³/mol. The molecular formula is C14H23N3. The van der Waals surface area contributed by atoms with Gasteiger partial charge in [-0.15, -0.1) is 0 Å². The first kappa shape index (κ1) is 12.6. The number of piperazine rings is 1. The van der Waals surface area contributed by atoms with Crippen LogP contribution in [0.4, 0.5) is 0 Å². The number of aryl methyl sites for hydroxylation is 1. The van der Waals surface area contributed by atoms with Crippen LogP contribution in [0.15, 0.2) is 24.3 Å². The van der Waals surface area contributed by atoms with E-state index in [1.54, 1.807) is 0 Å². The molecule has 2 atom stereocenters. The lowest BCUT2D eigenvalue weighted by molar-refractivity contribution is 0.226. The van der Waals surface area contributed by atoms with Crippen LogP contribution < -0.4 is 11.1 Å². The largest absolute Gasteiger partial charge is 0.324 e. The summed E-state index contributed by atoms with van der Waals surface area (Å²) in [7, 11) is 2.17. The molecule has 0 radical (unpaired) electrons. The summed E-state index contributed by atoms with van der Waals surface area (Å²) >= 11 is 0. The number of nitrogens with two attached hydrogens (primary N) is 1. The average molecular weight is 233 g/mol. The van der Waals surface area contributed by atoms with Crippen molar-refractivity contribution >= 4 is 0 Å². The molecule has 17 heavy (non-hydrogen) atoms. The zero-order valence-electron chi connectivity index (χ0n) is 10.8. The van der Waals surface area contributed by atoms with E-state index in [4.69, 9.17) is 5.73 Å². The normalized spacial score (nSPS) is 23.6. The van der Waals surface area contributed by atoms with Gasteiger partial charge in [0.2, 0.25) is 0 Å². The number of hydrogen-bond donors (Lipinski definition) is 2. The molecule has 1 aromatic carbocycles. The second-order valence-corrected chi connectivity index (χ2v) is 5.17. The average Bonchev–Trinajstić information content (AvgIpc) is 2.29. The van der Waals surface area contributed by atoms with Crippen LogP contribution in [0.2, 0.25) is 0 Å². The second kappa shape index (κ2) is 5.63. The molecule has 1 aromatic rings. The maximum absolute atomic E-state index is 6.28. The van der Waals surface area contributed by atoms with E-state index in [0.29, 0.717) is 6.04 Å². The van der Waals surface area contributed by atoms with Crippen LogP contribution in [-0.2, 0) is 0 Å². The Kier molecular flexibility index (Phi) is 4.15. The molecule has 1 aliphatic heterocycles. The highest BCUT2D eigenvalue weighted by Crippen LogP contribution is 2.18. The molecular weight excluding hydrogens is 210 g/mol. The van der Waals surface area contributed by atoms with Gasteiger partial charge in [0.1, 0.15) is 0 Å². The van der Waals surface area contributed by atoms with E-state index in [2.05, 4.69) is 48.5 Å². The van der Waals surface area contributed by atoms with Crippen LogP contribution in [0, 0.1) is 6.92 Å². The van der Waals surface area contributed by atoms with Crippen molar-refractivity contribution in [3.05, 3.63) is 35.4 Å². The molecule has 94 valence electrons. The minimum absolute atomic E-state index is 0.138. The van der Waals surface area contributed by atoms with Crippen LogP contribution in [0.1, 0.15) is 23.6 Å². The first-order chi connectivity index (χ1) is 8.15. The minimum Gasteiger partial charge on any atom is -0.324 e. The molecule has 1 heterocycles. The lowest BCUT2D eigenvalue weighted by Crippen LogP contribution is -2.49. The van der Waals surface area contributed by atoms with Gasteiger partial charge in [0, 0.05) is 31.7 Å². The Labute approximate surface area is 104 Å². The van der Waals surface area contributed by atoms with Gasteiger partial charge in [-0.3, -0.25) is 0 Å². The summed E-state index contributed by atoms with van der Waals surface area (Å²) in [5.41, 5.74) is 8.82. The molecule has 0 spiro atoms. The molecule has 0 aliphatic carbocycles. The Balaban J connectivity index is 1.94. The number of likely N-dealkylation sites (N-methyl/N-ethyl adjacent to an activating group) is 1. The summed E-state index contributed by atoms with van der Waals surface area (Å²) in [4.78, 5) is 2.37. The summed E-state index contributed by atoms with van der Waals surface area (Å²) in [6.07, 6.45) is 1.01. The third-order valence-electron chi connectivity index (χ3n) is 3.47. The monoisotopic (exact) mass is 233 g/mol. The van der Waals surface area contributed by atoms with Gasteiger partial charge in [0.25, 0.3) is 0 Å². The summed E-state index contributed by atoms with van der Waals surface area (Å²) in [5.74, 6) is 0. The van der Waals surface area contributed by atoms with E-state index in [1.165, 1.54) is 11.1 Å². The lowest BCUT2D eigenvalue weighted by Gasteiger charge is -2.32. The molecule has 1 saturated heterocycles. The Morgan fingerprint density at radius 3 is 3.06 bits per heavy atom. The molecule has 2 unspecified atom stereocenters. The molecule has 1 fully saturated rings. The molecule has 0 aromatic heterocycles. The van der Waals surface area contributed by atoms with Crippen molar-refractivity contribution in [3.8, 4) is 0 Å². The standard InChI is InChI=1S/C14H23N3/c1-11-4-3-5-12(8-11)14(15)9-13-10-17(2)7-6-16-13/h3-5,8,13-14,16H,6-7,9-10,15H2,1-2H3. The Morgan fingerprint density at radius 1 is 1.53 bits per heavy atom. The van der Waals surface area contributed by atoms with E-state index in [1.807, 2.05) is 0 Å². The highest BCUT2D eigenvalue weighted by molar-refractivity contribution is 5.24. The van der Waals surface area contributed by atoms with Crippen LogP contribution in [0.3, 0.4) is 0 Å². The summed E-state index contributed by atoms with van der Waals surface area (Å²) in [6.45, 7) is 5.42. The highest BCUT2D eigenvalue weighted by Gasteiger charge is 2.19. The van der Waals surface area contributed by atoms with Gasteiger partial charge in [0.05, 0.1) is 0 Å². The van der Waals surface area contributed by atoms with Crippen LogP contribution in [0.5, 0.6) is 0 Å². The van der Waals surface area contributed by atoms with Crippen LogP contribution >= 0.6 is 0 Å². The van der Waals surface area contributed by atoms with E-state index in [-0.39, 0.29) is 6.04 Å². The molecule has 0 saturated carbocycles. The van der Waals surface area contributed by atoms with E-state index in [9.17, 15) is 0 Å². The van der Waals surface area contributed by atoms with Crippen molar-refractivity contribution in [2.24, 2.45) is 5.73 Å². The van der Waals surface area contributed by atoms with Gasteiger partial charge in [-0.25, -0.2) is 0 Å². The Morgan fingerprint density at radius 2 is 2.35 bits per heavy atom. The fourth-order valence-electron chi connectivity index (χ4n) is 2.49. The number of nitrogens with zero attached hydrogens (tertiary/aromatic N) is 1.